The molecule has 1 aliphatic rings. The van der Waals surface area contributed by atoms with Crippen LogP contribution in [-0.4, -0.2) is 42.8 Å². The Labute approximate surface area is 141 Å². The van der Waals surface area contributed by atoms with E-state index in [4.69, 9.17) is 5.11 Å². The van der Waals surface area contributed by atoms with E-state index in [1.807, 2.05) is 0 Å². The molecule has 132 valence electrons. The highest BCUT2D eigenvalue weighted by molar-refractivity contribution is 7.89. The first-order valence-corrected chi connectivity index (χ1v) is 9.30. The number of aryl methyl sites for hydroxylation is 1. The number of nitrogens with one attached hydrogen (secondary N) is 1. The zero-order chi connectivity index (χ0) is 18.1. The van der Waals surface area contributed by atoms with Crippen molar-refractivity contribution in [2.75, 3.05) is 18.4 Å². The topological polar surface area (TPSA) is 104 Å². The van der Waals surface area contributed by atoms with E-state index >= 15 is 0 Å². The van der Waals surface area contributed by atoms with Crippen LogP contribution in [0, 0.1) is 18.8 Å². The van der Waals surface area contributed by atoms with E-state index < -0.39 is 33.7 Å². The van der Waals surface area contributed by atoms with E-state index in [2.05, 4.69) is 5.32 Å². The maximum atomic E-state index is 12.7. The van der Waals surface area contributed by atoms with Gasteiger partial charge < -0.3 is 10.4 Å². The molecule has 8 heteroatoms. The van der Waals surface area contributed by atoms with Gasteiger partial charge in [-0.05, 0) is 31.0 Å². The number of carbonyl (C=O) groups is 2. The number of rotatable bonds is 7. The molecule has 2 rings (SSSR count). The number of aliphatic carboxylic acids is 1. The van der Waals surface area contributed by atoms with Crippen LogP contribution in [0.2, 0.25) is 0 Å². The van der Waals surface area contributed by atoms with Crippen LogP contribution in [0.3, 0.4) is 0 Å². The summed E-state index contributed by atoms with van der Waals surface area (Å²) in [7, 11) is -3.63. The minimum atomic E-state index is -3.63. The summed E-state index contributed by atoms with van der Waals surface area (Å²) >= 11 is 0. The second-order valence-electron chi connectivity index (χ2n) is 5.85. The van der Waals surface area contributed by atoms with Crippen LogP contribution in [0.4, 0.5) is 5.69 Å². The smallest absolute Gasteiger partial charge is 0.307 e. The largest absolute Gasteiger partial charge is 0.481 e. The van der Waals surface area contributed by atoms with Crippen molar-refractivity contribution in [3.05, 3.63) is 23.8 Å². The van der Waals surface area contributed by atoms with Crippen molar-refractivity contribution >= 4 is 27.6 Å². The minimum absolute atomic E-state index is 0.148. The van der Waals surface area contributed by atoms with Gasteiger partial charge in [0.2, 0.25) is 15.9 Å². The fraction of sp³-hybridized carbons (Fsp3) is 0.500. The highest BCUT2D eigenvalue weighted by Crippen LogP contribution is 2.39. The molecule has 24 heavy (non-hydrogen) atoms. The molecular formula is C16H22N2O5S. The van der Waals surface area contributed by atoms with Gasteiger partial charge in [0.25, 0.3) is 0 Å². The van der Waals surface area contributed by atoms with Gasteiger partial charge >= 0.3 is 5.97 Å². The lowest BCUT2D eigenvalue weighted by atomic mass is 10.2. The van der Waals surface area contributed by atoms with Crippen molar-refractivity contribution in [1.82, 2.24) is 4.31 Å². The summed E-state index contributed by atoms with van der Waals surface area (Å²) in [5.41, 5.74) is 0.946. The van der Waals surface area contributed by atoms with Crippen LogP contribution < -0.4 is 5.32 Å². The summed E-state index contributed by atoms with van der Waals surface area (Å²) in [5.74, 6) is -2.57. The zero-order valence-corrected chi connectivity index (χ0v) is 14.8. The minimum Gasteiger partial charge on any atom is -0.481 e. The quantitative estimate of drug-likeness (QED) is 0.775. The number of hydrogen-bond acceptors (Lipinski definition) is 4. The highest BCUT2D eigenvalue weighted by atomic mass is 32.2. The molecule has 0 spiro atoms. The van der Waals surface area contributed by atoms with E-state index in [9.17, 15) is 18.0 Å². The lowest BCUT2D eigenvalue weighted by molar-refractivity contribution is -0.139. The van der Waals surface area contributed by atoms with Gasteiger partial charge in [0.15, 0.2) is 0 Å². The van der Waals surface area contributed by atoms with E-state index in [1.54, 1.807) is 32.9 Å². The summed E-state index contributed by atoms with van der Waals surface area (Å²) in [6.45, 7) is 5.94. The normalized spacial score (nSPS) is 20.0. The van der Waals surface area contributed by atoms with Crippen LogP contribution in [0.25, 0.3) is 0 Å². The van der Waals surface area contributed by atoms with E-state index in [0.717, 1.165) is 0 Å². The van der Waals surface area contributed by atoms with Crippen LogP contribution in [-0.2, 0) is 19.6 Å². The first kappa shape index (κ1) is 18.4. The fourth-order valence-electron chi connectivity index (χ4n) is 2.65. The molecule has 1 aromatic rings. The van der Waals surface area contributed by atoms with Gasteiger partial charge in [0.1, 0.15) is 0 Å². The van der Waals surface area contributed by atoms with Crippen molar-refractivity contribution in [3.8, 4) is 0 Å². The predicted molar refractivity (Wildman–Crippen MR) is 89.1 cm³/mol. The number of amides is 1. The molecule has 2 atom stereocenters. The third-order valence-corrected chi connectivity index (χ3v) is 6.42. The Kier molecular flexibility index (Phi) is 5.29. The summed E-state index contributed by atoms with van der Waals surface area (Å²) in [6, 6.07) is 4.68. The molecule has 2 unspecified atom stereocenters. The average molecular weight is 354 g/mol. The Bertz CT molecular complexity index is 756. The standard InChI is InChI=1S/C16H22N2O5S/c1-4-18(5-2)24(22,23)14-8-11(7-6-10(14)3)17-15(19)12-9-13(12)16(20)21/h6-8,12-13H,4-5,9H2,1-3H3,(H,17,19)(H,20,21). The number of sulfonamides is 1. The van der Waals surface area contributed by atoms with Crippen LogP contribution in [0.1, 0.15) is 25.8 Å². The molecule has 2 N–H and O–H groups in total. The molecule has 0 radical (unpaired) electrons. The van der Waals surface area contributed by atoms with Crippen molar-refractivity contribution in [2.45, 2.75) is 32.1 Å². The van der Waals surface area contributed by atoms with E-state index in [0.29, 0.717) is 30.8 Å². The Morgan fingerprint density at radius 3 is 2.38 bits per heavy atom. The molecule has 1 fully saturated rings. The predicted octanol–water partition coefficient (Wildman–Crippen LogP) is 1.68. The summed E-state index contributed by atoms with van der Waals surface area (Å²) < 4.78 is 26.7. The molecule has 0 aromatic heterocycles. The molecule has 1 saturated carbocycles. The number of benzene rings is 1. The van der Waals surface area contributed by atoms with Crippen molar-refractivity contribution in [1.29, 1.82) is 0 Å². The van der Waals surface area contributed by atoms with Crippen LogP contribution >= 0.6 is 0 Å². The molecule has 0 aliphatic heterocycles. The Morgan fingerprint density at radius 1 is 1.25 bits per heavy atom. The zero-order valence-electron chi connectivity index (χ0n) is 13.9. The number of carbonyl (C=O) groups excluding carboxylic acids is 1. The Hall–Kier alpha value is -1.93. The fourth-order valence-corrected chi connectivity index (χ4v) is 4.36. The lowest BCUT2D eigenvalue weighted by Crippen LogP contribution is -2.31. The van der Waals surface area contributed by atoms with Gasteiger partial charge in [-0.1, -0.05) is 19.9 Å². The first-order valence-electron chi connectivity index (χ1n) is 7.86. The molecule has 0 bridgehead atoms. The number of nitrogens with zero attached hydrogens (tertiary/aromatic N) is 1. The third-order valence-electron chi connectivity index (χ3n) is 4.22. The van der Waals surface area contributed by atoms with Gasteiger partial charge in [0.05, 0.1) is 16.7 Å². The van der Waals surface area contributed by atoms with Crippen molar-refractivity contribution < 1.29 is 23.1 Å². The summed E-state index contributed by atoms with van der Waals surface area (Å²) in [5, 5.41) is 11.5. The van der Waals surface area contributed by atoms with E-state index in [-0.39, 0.29) is 4.90 Å². The SMILES string of the molecule is CCN(CC)S(=O)(=O)c1cc(NC(=O)C2CC2C(=O)O)ccc1C. The monoisotopic (exact) mass is 354 g/mol. The lowest BCUT2D eigenvalue weighted by Gasteiger charge is -2.20. The summed E-state index contributed by atoms with van der Waals surface area (Å²) in [4.78, 5) is 23.0. The van der Waals surface area contributed by atoms with Crippen LogP contribution in [0.15, 0.2) is 23.1 Å². The van der Waals surface area contributed by atoms with Gasteiger partial charge in [-0.25, -0.2) is 8.42 Å². The molecule has 1 aliphatic carbocycles. The number of anilines is 1. The van der Waals surface area contributed by atoms with Crippen molar-refractivity contribution in [2.24, 2.45) is 11.8 Å². The van der Waals surface area contributed by atoms with Crippen molar-refractivity contribution in [3.63, 3.8) is 0 Å². The second-order valence-corrected chi connectivity index (χ2v) is 7.75. The highest BCUT2D eigenvalue weighted by Gasteiger charge is 2.48. The molecular weight excluding hydrogens is 332 g/mol. The number of carboxylic acids is 1. The van der Waals surface area contributed by atoms with Gasteiger partial charge in [-0.2, -0.15) is 4.31 Å². The maximum absolute atomic E-state index is 12.7. The first-order chi connectivity index (χ1) is 11.2. The Balaban J connectivity index is 2.23. The van der Waals surface area contributed by atoms with Crippen LogP contribution in [0.5, 0.6) is 0 Å². The molecule has 0 heterocycles. The van der Waals surface area contributed by atoms with Gasteiger partial charge in [-0.3, -0.25) is 9.59 Å². The molecule has 0 saturated heterocycles. The number of hydrogen-bond donors (Lipinski definition) is 2. The number of carboxylic acid groups (broad SMARTS) is 1. The Morgan fingerprint density at radius 2 is 1.88 bits per heavy atom. The maximum Gasteiger partial charge on any atom is 0.307 e. The second kappa shape index (κ2) is 6.90. The average Bonchev–Trinajstić information content (AvgIpc) is 3.30. The third kappa shape index (κ3) is 3.59. The molecule has 1 amide bonds. The van der Waals surface area contributed by atoms with E-state index in [1.165, 1.54) is 10.4 Å². The summed E-state index contributed by atoms with van der Waals surface area (Å²) in [6.07, 6.45) is 0.317. The van der Waals surface area contributed by atoms with Gasteiger partial charge in [0, 0.05) is 18.8 Å². The molecule has 7 nitrogen and oxygen atoms in total. The van der Waals surface area contributed by atoms with Gasteiger partial charge in [-0.15, -0.1) is 0 Å². The molecule has 1 aromatic carbocycles.